The minimum Gasteiger partial charge on any atom is -0.593 e. The van der Waals surface area contributed by atoms with E-state index in [1.807, 2.05) is 36.4 Å². The van der Waals surface area contributed by atoms with Crippen LogP contribution in [0.25, 0.3) is 0 Å². The van der Waals surface area contributed by atoms with Crippen molar-refractivity contribution in [3.63, 3.8) is 0 Å². The van der Waals surface area contributed by atoms with E-state index in [0.29, 0.717) is 32.4 Å². The van der Waals surface area contributed by atoms with Gasteiger partial charge in [0, 0.05) is 25.4 Å². The number of hydrogen-bond donors (Lipinski definition) is 3. The summed E-state index contributed by atoms with van der Waals surface area (Å²) in [5.41, 5.74) is -0.0968. The lowest BCUT2D eigenvalue weighted by molar-refractivity contribution is -0.141. The van der Waals surface area contributed by atoms with E-state index in [1.165, 1.54) is 4.90 Å². The maximum Gasteiger partial charge on any atom is 0.410 e. The minimum atomic E-state index is -1.72. The molecule has 1 aromatic rings. The number of alkyl carbamates (subject to hydrolysis) is 1. The number of benzene rings is 1. The summed E-state index contributed by atoms with van der Waals surface area (Å²) in [6.45, 7) is 11.1. The number of rotatable bonds is 4. The molecule has 274 valence electrons. The Labute approximate surface area is 297 Å². The third-order valence-corrected chi connectivity index (χ3v) is 10.9. The summed E-state index contributed by atoms with van der Waals surface area (Å²) in [6.07, 6.45) is 5.36. The second-order valence-electron chi connectivity index (χ2n) is 15.7. The smallest absolute Gasteiger partial charge is 0.410 e. The lowest BCUT2D eigenvalue weighted by Gasteiger charge is -2.30. The summed E-state index contributed by atoms with van der Waals surface area (Å²) in [7, 11) is 0. The molecule has 3 aliphatic heterocycles. The average Bonchev–Trinajstić information content (AvgIpc) is 3.33. The highest BCUT2D eigenvalue weighted by atomic mass is 32.2. The molecule has 14 heteroatoms. The number of carbonyl (C=O) groups excluding carboxylic acids is 5. The van der Waals surface area contributed by atoms with Gasteiger partial charge in [-0.3, -0.25) is 19.3 Å². The monoisotopic (exact) mass is 713 g/mol. The first-order valence-corrected chi connectivity index (χ1v) is 18.7. The first kappa shape index (κ1) is 37.5. The Balaban J connectivity index is 1.40. The van der Waals surface area contributed by atoms with E-state index in [0.717, 1.165) is 30.4 Å². The number of amides is 5. The Morgan fingerprint density at radius 1 is 1.02 bits per heavy atom. The molecular formula is C36H51N5O8S. The Morgan fingerprint density at radius 2 is 1.70 bits per heavy atom. The van der Waals surface area contributed by atoms with Crippen molar-refractivity contribution < 1.29 is 38.0 Å². The van der Waals surface area contributed by atoms with E-state index in [-0.39, 0.29) is 18.9 Å². The van der Waals surface area contributed by atoms with E-state index in [9.17, 15) is 28.5 Å². The maximum atomic E-state index is 14.3. The number of ether oxygens (including phenoxy) is 2. The zero-order valence-corrected chi connectivity index (χ0v) is 30.7. The van der Waals surface area contributed by atoms with Gasteiger partial charge < -0.3 is 29.6 Å². The highest BCUT2D eigenvalue weighted by Crippen LogP contribution is 2.46. The number of carbonyl (C=O) groups is 5. The van der Waals surface area contributed by atoms with E-state index in [1.54, 1.807) is 46.4 Å². The van der Waals surface area contributed by atoms with Crippen molar-refractivity contribution in [2.24, 2.45) is 5.92 Å². The molecule has 1 saturated carbocycles. The molecular weight excluding hydrogens is 662 g/mol. The molecule has 4 aliphatic rings. The van der Waals surface area contributed by atoms with Crippen molar-refractivity contribution in [3.8, 4) is 0 Å². The standard InChI is InChI=1S/C36H51N5O8S/c1-34(2,3)49-32(45)37-27-17-11-9-7-8-10-16-25-19-36(25,31(44)39-50(47)35(4,5)6)38-29(42)28-18-26(22-41(28)30(27)43)48-33(46)40-20-23-14-12-13-15-24(23)21-40/h10,12-16,25-28H,7-9,11,17-22H2,1-6H3,(H,37,45)(H,38,42)(H,39,44)/b16-10-/t25-,26-,27+,28+,36-,50-/m1/s1. The molecule has 1 aromatic carbocycles. The van der Waals surface area contributed by atoms with Crippen LogP contribution in [0.1, 0.15) is 97.6 Å². The molecule has 0 bridgehead atoms. The maximum absolute atomic E-state index is 14.3. The number of hydrogen-bond acceptors (Lipinski definition) is 8. The molecule has 2 fully saturated rings. The van der Waals surface area contributed by atoms with Gasteiger partial charge >= 0.3 is 12.2 Å². The summed E-state index contributed by atoms with van der Waals surface area (Å²) < 4.78 is 26.2. The van der Waals surface area contributed by atoms with Gasteiger partial charge in [-0.05, 0) is 78.4 Å². The van der Waals surface area contributed by atoms with Crippen molar-refractivity contribution >= 4 is 41.3 Å². The van der Waals surface area contributed by atoms with Crippen LogP contribution in [0.4, 0.5) is 9.59 Å². The molecule has 6 atom stereocenters. The number of allylic oxidation sites excluding steroid dienone is 1. The molecule has 5 amide bonds. The topological polar surface area (TPSA) is 169 Å². The average molecular weight is 714 g/mol. The van der Waals surface area contributed by atoms with Gasteiger partial charge in [-0.15, -0.1) is 0 Å². The first-order chi connectivity index (χ1) is 23.5. The Hall–Kier alpha value is -3.78. The first-order valence-electron chi connectivity index (χ1n) is 17.5. The highest BCUT2D eigenvalue weighted by Gasteiger charge is 2.62. The molecule has 1 aliphatic carbocycles. The Kier molecular flexibility index (Phi) is 11.1. The lowest BCUT2D eigenvalue weighted by Crippen LogP contribution is -2.59. The fourth-order valence-electron chi connectivity index (χ4n) is 6.62. The van der Waals surface area contributed by atoms with Crippen molar-refractivity contribution in [3.05, 3.63) is 47.5 Å². The van der Waals surface area contributed by atoms with Gasteiger partial charge in [0.15, 0.2) is 0 Å². The van der Waals surface area contributed by atoms with Crippen LogP contribution in [-0.4, -0.2) is 84.9 Å². The van der Waals surface area contributed by atoms with E-state index < -0.39 is 75.3 Å². The number of nitrogens with one attached hydrogen (secondary N) is 3. The summed E-state index contributed by atoms with van der Waals surface area (Å²) in [6, 6.07) is 5.64. The Bertz CT molecular complexity index is 1480. The van der Waals surface area contributed by atoms with Gasteiger partial charge in [-0.2, -0.15) is 4.72 Å². The molecule has 3 N–H and O–H groups in total. The molecule has 13 nitrogen and oxygen atoms in total. The second-order valence-corrected chi connectivity index (χ2v) is 17.7. The van der Waals surface area contributed by atoms with Crippen molar-refractivity contribution in [1.29, 1.82) is 0 Å². The van der Waals surface area contributed by atoms with E-state index in [4.69, 9.17) is 9.47 Å². The summed E-state index contributed by atoms with van der Waals surface area (Å²) in [5, 5.41) is 5.64. The normalized spacial score (nSPS) is 28.5. The zero-order valence-electron chi connectivity index (χ0n) is 29.9. The molecule has 0 spiro atoms. The molecule has 1 saturated heterocycles. The van der Waals surface area contributed by atoms with Crippen molar-refractivity contribution in [1.82, 2.24) is 25.2 Å². The predicted octanol–water partition coefficient (Wildman–Crippen LogP) is 3.98. The molecule has 3 heterocycles. The number of fused-ring (bicyclic) bond motifs is 3. The third kappa shape index (κ3) is 8.92. The molecule has 0 unspecified atom stereocenters. The molecule has 5 rings (SSSR count). The summed E-state index contributed by atoms with van der Waals surface area (Å²) >= 11 is -1.72. The van der Waals surface area contributed by atoms with Gasteiger partial charge in [0.05, 0.1) is 17.9 Å². The van der Waals surface area contributed by atoms with Crippen LogP contribution in [0.2, 0.25) is 0 Å². The van der Waals surface area contributed by atoms with Crippen LogP contribution in [0.5, 0.6) is 0 Å². The molecule has 0 radical (unpaired) electrons. The third-order valence-electron chi connectivity index (χ3n) is 9.44. The zero-order chi connectivity index (χ0) is 36.4. The van der Waals surface area contributed by atoms with Gasteiger partial charge in [-0.25, -0.2) is 9.59 Å². The van der Waals surface area contributed by atoms with E-state index in [2.05, 4.69) is 15.4 Å². The SMILES string of the molecule is CC(C)(C)OC(=O)N[C@H]1CCCCC/C=C\[C@@H]2C[C@@]2(C(=O)N[S@+]([O-])C(C)(C)C)NC(=O)[C@@H]2C[C@@H](OC(=O)N3Cc4ccccc4C3)CN2C1=O. The lowest BCUT2D eigenvalue weighted by atomic mass is 10.0. The van der Waals surface area contributed by atoms with Gasteiger partial charge in [0.25, 0.3) is 5.91 Å². The van der Waals surface area contributed by atoms with Crippen LogP contribution < -0.4 is 15.4 Å². The van der Waals surface area contributed by atoms with Gasteiger partial charge in [0.1, 0.15) is 34.1 Å². The Morgan fingerprint density at radius 3 is 2.34 bits per heavy atom. The molecule has 50 heavy (non-hydrogen) atoms. The van der Waals surface area contributed by atoms with Crippen LogP contribution in [0, 0.1) is 5.92 Å². The summed E-state index contributed by atoms with van der Waals surface area (Å²) in [5.74, 6) is -1.99. The minimum absolute atomic E-state index is 0.00458. The van der Waals surface area contributed by atoms with Crippen LogP contribution in [-0.2, 0) is 48.3 Å². The van der Waals surface area contributed by atoms with Gasteiger partial charge in [0.2, 0.25) is 11.8 Å². The van der Waals surface area contributed by atoms with Gasteiger partial charge in [-0.1, -0.05) is 49.3 Å². The second kappa shape index (κ2) is 14.8. The van der Waals surface area contributed by atoms with Crippen LogP contribution >= 0.6 is 0 Å². The fourth-order valence-corrected chi connectivity index (χ4v) is 7.28. The van der Waals surface area contributed by atoms with Crippen LogP contribution in [0.3, 0.4) is 0 Å². The highest BCUT2D eigenvalue weighted by molar-refractivity contribution is 7.91. The van der Waals surface area contributed by atoms with Crippen molar-refractivity contribution in [2.45, 2.75) is 134 Å². The quantitative estimate of drug-likeness (QED) is 0.311. The van der Waals surface area contributed by atoms with Crippen molar-refractivity contribution in [2.75, 3.05) is 6.54 Å². The summed E-state index contributed by atoms with van der Waals surface area (Å²) in [4.78, 5) is 71.4. The predicted molar refractivity (Wildman–Crippen MR) is 186 cm³/mol. The fraction of sp³-hybridized carbons (Fsp3) is 0.639. The number of nitrogens with zero attached hydrogens (tertiary/aromatic N) is 2. The van der Waals surface area contributed by atoms with Crippen LogP contribution in [0.15, 0.2) is 36.4 Å². The molecule has 0 aromatic heterocycles. The van der Waals surface area contributed by atoms with E-state index >= 15 is 0 Å². The largest absolute Gasteiger partial charge is 0.593 e.